The van der Waals surface area contributed by atoms with Gasteiger partial charge in [-0.2, -0.15) is 0 Å². The van der Waals surface area contributed by atoms with Crippen molar-refractivity contribution in [3.05, 3.63) is 77.1 Å². The van der Waals surface area contributed by atoms with Crippen molar-refractivity contribution in [3.8, 4) is 11.5 Å². The topological polar surface area (TPSA) is 102 Å². The van der Waals surface area contributed by atoms with Crippen molar-refractivity contribution in [3.63, 3.8) is 0 Å². The number of amides is 1. The van der Waals surface area contributed by atoms with Crippen LogP contribution in [-0.2, 0) is 19.4 Å². The van der Waals surface area contributed by atoms with Crippen LogP contribution < -0.4 is 10.2 Å². The fourth-order valence-corrected chi connectivity index (χ4v) is 4.79. The molecule has 10 heteroatoms. The lowest BCUT2D eigenvalue weighted by atomic mass is 9.96. The molecule has 2 aliphatic heterocycles. The molecule has 6 rings (SSSR count). The van der Waals surface area contributed by atoms with Gasteiger partial charge in [-0.15, -0.1) is 10.2 Å². The molecule has 1 atom stereocenters. The number of hydrogen-bond donors (Lipinski definition) is 1. The monoisotopic (exact) mass is 470 g/mol. The molecule has 0 saturated carbocycles. The van der Waals surface area contributed by atoms with Gasteiger partial charge in [0.1, 0.15) is 23.2 Å². The maximum absolute atomic E-state index is 14.9. The van der Waals surface area contributed by atoms with Gasteiger partial charge in [-0.25, -0.2) is 19.3 Å². The quantitative estimate of drug-likeness (QED) is 0.486. The summed E-state index contributed by atoms with van der Waals surface area (Å²) in [6, 6.07) is 10.4. The molecule has 35 heavy (non-hydrogen) atoms. The zero-order chi connectivity index (χ0) is 23.9. The Kier molecular flexibility index (Phi) is 5.20. The summed E-state index contributed by atoms with van der Waals surface area (Å²) in [5.74, 6) is 1.45. The minimum atomic E-state index is -0.553. The van der Waals surface area contributed by atoms with E-state index in [1.807, 2.05) is 11.0 Å². The average molecular weight is 471 g/mol. The van der Waals surface area contributed by atoms with Crippen LogP contribution in [0.4, 0.5) is 16.2 Å². The molecular weight excluding hydrogens is 447 g/mol. The van der Waals surface area contributed by atoms with Crippen molar-refractivity contribution in [1.29, 1.82) is 0 Å². The van der Waals surface area contributed by atoms with Crippen LogP contribution in [0.25, 0.3) is 11.5 Å². The summed E-state index contributed by atoms with van der Waals surface area (Å²) in [6.07, 6.45) is 5.93. The van der Waals surface area contributed by atoms with Gasteiger partial charge in [0, 0.05) is 37.9 Å². The predicted molar refractivity (Wildman–Crippen MR) is 127 cm³/mol. The highest BCUT2D eigenvalue weighted by Gasteiger charge is 2.26. The van der Waals surface area contributed by atoms with Crippen LogP contribution >= 0.6 is 0 Å². The highest BCUT2D eigenvalue weighted by Crippen LogP contribution is 2.30. The van der Waals surface area contributed by atoms with E-state index in [0.29, 0.717) is 48.8 Å². The number of carbonyl (C=O) groups is 1. The van der Waals surface area contributed by atoms with E-state index in [1.165, 1.54) is 6.07 Å². The molecule has 9 nitrogen and oxygen atoms in total. The minimum Gasteiger partial charge on any atom is -0.336 e. The number of fused-ring (bicyclic) bond motifs is 2. The van der Waals surface area contributed by atoms with Gasteiger partial charge in [-0.3, -0.25) is 4.79 Å². The molecule has 3 aromatic heterocycles. The Morgan fingerprint density at radius 3 is 2.80 bits per heavy atom. The Balaban J connectivity index is 1.25. The SMILES string of the molecule is CC1CCc2nnc(-c3cccc(NC(=O)c4cc5c(cc4F)CCN(c4ncccn4)C5)n3)n21. The number of benzene rings is 1. The lowest BCUT2D eigenvalue weighted by molar-refractivity contribution is 0.102. The van der Waals surface area contributed by atoms with Crippen LogP contribution in [0.5, 0.6) is 0 Å². The van der Waals surface area contributed by atoms with Crippen molar-refractivity contribution >= 4 is 17.7 Å². The third-order valence-corrected chi connectivity index (χ3v) is 6.59. The standard InChI is InChI=1S/C25H23FN8O/c1-15-6-7-22-31-32-23(34(15)22)20-4-2-5-21(29-20)30-24(35)18-12-17-14-33(25-27-9-3-10-28-25)11-8-16(17)13-19(18)26/h2-5,9-10,12-13,15H,6-8,11,14H2,1H3,(H,29,30,35). The molecule has 2 aliphatic rings. The van der Waals surface area contributed by atoms with Gasteiger partial charge in [0.25, 0.3) is 5.91 Å². The van der Waals surface area contributed by atoms with E-state index >= 15 is 0 Å². The first-order chi connectivity index (χ1) is 17.1. The number of aryl methyl sites for hydroxylation is 1. The zero-order valence-electron chi connectivity index (χ0n) is 19.1. The van der Waals surface area contributed by atoms with Crippen LogP contribution in [0.1, 0.15) is 46.7 Å². The normalized spacial score (nSPS) is 16.6. The molecule has 0 bridgehead atoms. The number of aromatic nitrogens is 6. The van der Waals surface area contributed by atoms with Crippen LogP contribution in [0.2, 0.25) is 0 Å². The molecule has 0 saturated heterocycles. The third-order valence-electron chi connectivity index (χ3n) is 6.59. The van der Waals surface area contributed by atoms with Crippen LogP contribution in [0.3, 0.4) is 0 Å². The Morgan fingerprint density at radius 2 is 1.94 bits per heavy atom. The average Bonchev–Trinajstić information content (AvgIpc) is 3.47. The summed E-state index contributed by atoms with van der Waals surface area (Å²) < 4.78 is 17.0. The van der Waals surface area contributed by atoms with Crippen molar-refractivity contribution in [2.24, 2.45) is 0 Å². The summed E-state index contributed by atoms with van der Waals surface area (Å²) in [5.41, 5.74) is 2.36. The Labute approximate surface area is 201 Å². The number of halogens is 1. The van der Waals surface area contributed by atoms with Gasteiger partial charge in [0.2, 0.25) is 5.95 Å². The van der Waals surface area contributed by atoms with E-state index < -0.39 is 11.7 Å². The second-order valence-electron chi connectivity index (χ2n) is 8.88. The Morgan fingerprint density at radius 1 is 1.09 bits per heavy atom. The van der Waals surface area contributed by atoms with E-state index in [0.717, 1.165) is 29.8 Å². The summed E-state index contributed by atoms with van der Waals surface area (Å²) in [5, 5.41) is 11.3. The maximum atomic E-state index is 14.9. The van der Waals surface area contributed by atoms with Crippen molar-refractivity contribution in [1.82, 2.24) is 29.7 Å². The van der Waals surface area contributed by atoms with E-state index in [1.54, 1.807) is 36.7 Å². The van der Waals surface area contributed by atoms with Gasteiger partial charge in [-0.1, -0.05) is 6.07 Å². The number of carbonyl (C=O) groups excluding carboxylic acids is 1. The lowest BCUT2D eigenvalue weighted by Crippen LogP contribution is -2.32. The fraction of sp³-hybridized carbons (Fsp3) is 0.280. The zero-order valence-corrected chi connectivity index (χ0v) is 19.1. The minimum absolute atomic E-state index is 0.0243. The largest absolute Gasteiger partial charge is 0.336 e. The second-order valence-corrected chi connectivity index (χ2v) is 8.88. The molecule has 1 unspecified atom stereocenters. The molecule has 1 N–H and O–H groups in total. The maximum Gasteiger partial charge on any atom is 0.259 e. The number of nitrogens with zero attached hydrogens (tertiary/aromatic N) is 7. The highest BCUT2D eigenvalue weighted by atomic mass is 19.1. The predicted octanol–water partition coefficient (Wildman–Crippen LogP) is 3.59. The number of nitrogens with one attached hydrogen (secondary N) is 1. The van der Waals surface area contributed by atoms with Gasteiger partial charge >= 0.3 is 0 Å². The lowest BCUT2D eigenvalue weighted by Gasteiger charge is -2.29. The van der Waals surface area contributed by atoms with Crippen LogP contribution in [-0.4, -0.2) is 42.2 Å². The summed E-state index contributed by atoms with van der Waals surface area (Å²) in [4.78, 5) is 28.2. The molecule has 0 aliphatic carbocycles. The fourth-order valence-electron chi connectivity index (χ4n) is 4.79. The molecule has 176 valence electrons. The molecular formula is C25H23FN8O. The summed E-state index contributed by atoms with van der Waals surface area (Å²) in [6.45, 7) is 3.31. The molecule has 5 heterocycles. The van der Waals surface area contributed by atoms with Crippen molar-refractivity contribution in [2.45, 2.75) is 38.8 Å². The molecule has 1 aromatic carbocycles. The van der Waals surface area contributed by atoms with Crippen molar-refractivity contribution < 1.29 is 9.18 Å². The van der Waals surface area contributed by atoms with Gasteiger partial charge in [0.05, 0.1) is 5.56 Å². The van der Waals surface area contributed by atoms with Gasteiger partial charge < -0.3 is 14.8 Å². The first kappa shape index (κ1) is 21.3. The number of anilines is 2. The Bertz CT molecular complexity index is 1420. The summed E-state index contributed by atoms with van der Waals surface area (Å²) in [7, 11) is 0. The van der Waals surface area contributed by atoms with E-state index in [9.17, 15) is 9.18 Å². The van der Waals surface area contributed by atoms with Crippen molar-refractivity contribution in [2.75, 3.05) is 16.8 Å². The number of rotatable bonds is 4. The van der Waals surface area contributed by atoms with E-state index in [-0.39, 0.29) is 5.56 Å². The Hall–Kier alpha value is -4.21. The van der Waals surface area contributed by atoms with Crippen LogP contribution in [0, 0.1) is 5.82 Å². The second kappa shape index (κ2) is 8.53. The first-order valence-electron chi connectivity index (χ1n) is 11.6. The number of pyridine rings is 1. The molecule has 4 aromatic rings. The molecule has 0 spiro atoms. The summed E-state index contributed by atoms with van der Waals surface area (Å²) >= 11 is 0. The third kappa shape index (κ3) is 3.90. The first-order valence-corrected chi connectivity index (χ1v) is 11.6. The van der Waals surface area contributed by atoms with E-state index in [2.05, 4.69) is 42.0 Å². The smallest absolute Gasteiger partial charge is 0.259 e. The molecule has 0 radical (unpaired) electrons. The van der Waals surface area contributed by atoms with Gasteiger partial charge in [-0.05, 0) is 61.2 Å². The van der Waals surface area contributed by atoms with Gasteiger partial charge in [0.15, 0.2) is 5.82 Å². The van der Waals surface area contributed by atoms with Crippen LogP contribution in [0.15, 0.2) is 48.8 Å². The molecule has 0 fully saturated rings. The van der Waals surface area contributed by atoms with E-state index in [4.69, 9.17) is 0 Å². The molecule has 1 amide bonds. The highest BCUT2D eigenvalue weighted by molar-refractivity contribution is 6.04. The number of hydrogen-bond acceptors (Lipinski definition) is 7.